The van der Waals surface area contributed by atoms with Gasteiger partial charge >= 0.3 is 12.1 Å². The van der Waals surface area contributed by atoms with Gasteiger partial charge in [-0.3, -0.25) is 9.78 Å². The number of nitrogens with zero attached hydrogens (tertiary/aromatic N) is 1. The summed E-state index contributed by atoms with van der Waals surface area (Å²) in [4.78, 5) is 28.2. The lowest BCUT2D eigenvalue weighted by molar-refractivity contribution is -0.137. The number of amides is 1. The van der Waals surface area contributed by atoms with Crippen LogP contribution in [-0.2, 0) is 9.53 Å². The first-order chi connectivity index (χ1) is 14.9. The maximum absolute atomic E-state index is 12.6. The molecule has 1 aliphatic rings. The molecule has 1 atom stereocenters. The maximum Gasteiger partial charge on any atom is 0.407 e. The highest BCUT2D eigenvalue weighted by molar-refractivity contribution is 9.11. The molecule has 2 N–H and O–H groups in total. The van der Waals surface area contributed by atoms with Gasteiger partial charge in [-0.05, 0) is 60.2 Å². The van der Waals surface area contributed by atoms with E-state index >= 15 is 0 Å². The van der Waals surface area contributed by atoms with Gasteiger partial charge < -0.3 is 15.2 Å². The zero-order valence-corrected chi connectivity index (χ0v) is 19.4. The molecule has 1 heterocycles. The van der Waals surface area contributed by atoms with Crippen molar-refractivity contribution >= 4 is 43.9 Å². The molecule has 0 saturated carbocycles. The number of fused-ring (bicyclic) bond motifs is 3. The van der Waals surface area contributed by atoms with E-state index in [2.05, 4.69) is 54.3 Å². The summed E-state index contributed by atoms with van der Waals surface area (Å²) in [6.45, 7) is 0.147. The Morgan fingerprint density at radius 2 is 1.68 bits per heavy atom. The van der Waals surface area contributed by atoms with E-state index in [0.29, 0.717) is 10.2 Å². The van der Waals surface area contributed by atoms with E-state index in [4.69, 9.17) is 4.74 Å². The number of halogens is 2. The van der Waals surface area contributed by atoms with Crippen LogP contribution in [0, 0.1) is 0 Å². The average Bonchev–Trinajstić information content (AvgIpc) is 3.05. The van der Waals surface area contributed by atoms with Crippen molar-refractivity contribution in [1.29, 1.82) is 0 Å². The number of carboxylic acid groups (broad SMARTS) is 1. The quantitative estimate of drug-likeness (QED) is 0.417. The Balaban J connectivity index is 1.50. The highest BCUT2D eigenvalue weighted by atomic mass is 79.9. The van der Waals surface area contributed by atoms with E-state index in [1.54, 1.807) is 12.3 Å². The van der Waals surface area contributed by atoms with Gasteiger partial charge in [0.1, 0.15) is 6.61 Å². The molecule has 6 nitrogen and oxygen atoms in total. The average molecular weight is 546 g/mol. The smallest absolute Gasteiger partial charge is 0.407 e. The lowest BCUT2D eigenvalue weighted by atomic mass is 9.98. The summed E-state index contributed by atoms with van der Waals surface area (Å²) in [5.41, 5.74) is 4.91. The molecule has 0 radical (unpaired) electrons. The van der Waals surface area contributed by atoms with E-state index in [9.17, 15) is 14.7 Å². The number of ether oxygens (including phenoxy) is 1. The molecule has 1 amide bonds. The van der Waals surface area contributed by atoms with E-state index in [-0.39, 0.29) is 18.9 Å². The van der Waals surface area contributed by atoms with Gasteiger partial charge in [0, 0.05) is 21.1 Å². The molecule has 1 aliphatic carbocycles. The summed E-state index contributed by atoms with van der Waals surface area (Å²) in [5, 5.41) is 11.9. The third kappa shape index (κ3) is 4.65. The second kappa shape index (κ2) is 9.20. The fourth-order valence-electron chi connectivity index (χ4n) is 3.85. The first-order valence-electron chi connectivity index (χ1n) is 9.58. The van der Waals surface area contributed by atoms with Gasteiger partial charge in [-0.15, -0.1) is 0 Å². The van der Waals surface area contributed by atoms with Gasteiger partial charge in [0.25, 0.3) is 0 Å². The molecule has 0 bridgehead atoms. The summed E-state index contributed by atoms with van der Waals surface area (Å²) in [7, 11) is 0. The number of hydrogen-bond donors (Lipinski definition) is 2. The van der Waals surface area contributed by atoms with Crippen molar-refractivity contribution in [2.24, 2.45) is 0 Å². The fourth-order valence-corrected chi connectivity index (χ4v) is 5.12. The number of aliphatic carboxylic acids is 1. The maximum atomic E-state index is 12.6. The number of nitrogens with one attached hydrogen (secondary N) is 1. The van der Waals surface area contributed by atoms with Crippen LogP contribution in [0.5, 0.6) is 0 Å². The summed E-state index contributed by atoms with van der Waals surface area (Å²) < 4.78 is 6.87. The summed E-state index contributed by atoms with van der Waals surface area (Å²) >= 11 is 6.69. The summed E-state index contributed by atoms with van der Waals surface area (Å²) in [5.74, 6) is -1.13. The number of alkyl carbamates (subject to hydrolysis) is 1. The molecular weight excluding hydrogens is 528 g/mol. The Morgan fingerprint density at radius 1 is 1.06 bits per heavy atom. The van der Waals surface area contributed by atoms with E-state index in [1.165, 1.54) is 0 Å². The first kappa shape index (κ1) is 21.5. The van der Waals surface area contributed by atoms with E-state index in [0.717, 1.165) is 26.7 Å². The minimum atomic E-state index is -1.06. The molecule has 0 aliphatic heterocycles. The summed E-state index contributed by atoms with van der Waals surface area (Å²) in [6, 6.07) is 17.0. The van der Waals surface area contributed by atoms with Crippen LogP contribution < -0.4 is 5.32 Å². The van der Waals surface area contributed by atoms with Gasteiger partial charge in [0.15, 0.2) is 0 Å². The fraction of sp³-hybridized carbons (Fsp3) is 0.174. The van der Waals surface area contributed by atoms with Crippen molar-refractivity contribution in [3.8, 4) is 11.1 Å². The number of aromatic nitrogens is 1. The monoisotopic (exact) mass is 544 g/mol. The predicted molar refractivity (Wildman–Crippen MR) is 123 cm³/mol. The molecule has 0 unspecified atom stereocenters. The molecule has 0 spiro atoms. The summed E-state index contributed by atoms with van der Waals surface area (Å²) in [6.07, 6.45) is 0.538. The van der Waals surface area contributed by atoms with E-state index < -0.39 is 18.1 Å². The van der Waals surface area contributed by atoms with Crippen molar-refractivity contribution in [3.05, 3.63) is 86.6 Å². The molecule has 158 valence electrons. The molecule has 31 heavy (non-hydrogen) atoms. The van der Waals surface area contributed by atoms with Crippen molar-refractivity contribution in [2.45, 2.75) is 18.4 Å². The molecule has 0 saturated heterocycles. The van der Waals surface area contributed by atoms with Crippen LogP contribution in [-0.4, -0.2) is 28.8 Å². The molecule has 0 fully saturated rings. The number of hydrogen-bond acceptors (Lipinski definition) is 4. The lowest BCUT2D eigenvalue weighted by Gasteiger charge is -2.19. The Hall–Kier alpha value is -2.71. The third-order valence-electron chi connectivity index (χ3n) is 5.18. The Kier molecular flexibility index (Phi) is 6.38. The first-order valence-corrected chi connectivity index (χ1v) is 11.2. The van der Waals surface area contributed by atoms with E-state index in [1.807, 2.05) is 36.4 Å². The Labute approximate surface area is 195 Å². The van der Waals surface area contributed by atoms with Gasteiger partial charge in [-0.2, -0.15) is 0 Å². The molecule has 4 rings (SSSR count). The van der Waals surface area contributed by atoms with Crippen LogP contribution in [0.25, 0.3) is 11.1 Å². The normalized spacial score (nSPS) is 13.2. The molecule has 3 aromatic rings. The molecule has 1 aromatic heterocycles. The molecule has 2 aromatic carbocycles. The zero-order valence-electron chi connectivity index (χ0n) is 16.2. The third-order valence-corrected chi connectivity index (χ3v) is 6.25. The van der Waals surface area contributed by atoms with Crippen LogP contribution in [0.4, 0.5) is 4.79 Å². The van der Waals surface area contributed by atoms with Crippen LogP contribution >= 0.6 is 31.9 Å². The number of carboxylic acids is 1. The molecule has 8 heteroatoms. The van der Waals surface area contributed by atoms with Crippen LogP contribution in [0.3, 0.4) is 0 Å². The number of rotatable bonds is 6. The zero-order chi connectivity index (χ0) is 22.0. The van der Waals surface area contributed by atoms with Gasteiger partial charge in [-0.25, -0.2) is 4.79 Å². The van der Waals surface area contributed by atoms with Crippen molar-refractivity contribution in [3.63, 3.8) is 0 Å². The standard InChI is InChI=1S/C23H18Br2N2O4/c24-13-9-19(25)22(26-11-13)20(10-21(28)29)27-23(30)31-12-18-16-7-3-1-5-14(16)15-6-2-4-8-17(15)18/h1-9,11,18,20H,10,12H2,(H,27,30)(H,28,29)/t20-/m1/s1. The van der Waals surface area contributed by atoms with Crippen LogP contribution in [0.1, 0.15) is 35.2 Å². The topological polar surface area (TPSA) is 88.5 Å². The van der Waals surface area contributed by atoms with Crippen molar-refractivity contribution in [1.82, 2.24) is 10.3 Å². The van der Waals surface area contributed by atoms with Gasteiger partial charge in [-0.1, -0.05) is 48.5 Å². The van der Waals surface area contributed by atoms with Gasteiger partial charge in [0.2, 0.25) is 0 Å². The Bertz CT molecular complexity index is 1110. The van der Waals surface area contributed by atoms with Crippen LogP contribution in [0.15, 0.2) is 69.7 Å². The van der Waals surface area contributed by atoms with Crippen LogP contribution in [0.2, 0.25) is 0 Å². The second-order valence-electron chi connectivity index (χ2n) is 7.14. The minimum Gasteiger partial charge on any atom is -0.481 e. The molecular formula is C23H18Br2N2O4. The Morgan fingerprint density at radius 3 is 2.26 bits per heavy atom. The lowest BCUT2D eigenvalue weighted by Crippen LogP contribution is -2.32. The highest BCUT2D eigenvalue weighted by Gasteiger charge is 2.30. The second-order valence-corrected chi connectivity index (χ2v) is 8.91. The number of carbonyl (C=O) groups is 2. The largest absolute Gasteiger partial charge is 0.481 e. The SMILES string of the molecule is O=C(O)C[C@@H](NC(=O)OCC1c2ccccc2-c2ccccc21)c1ncc(Br)cc1Br. The number of pyridine rings is 1. The van der Waals surface area contributed by atoms with Gasteiger partial charge in [0.05, 0.1) is 18.2 Å². The van der Waals surface area contributed by atoms with Crippen molar-refractivity contribution in [2.75, 3.05) is 6.61 Å². The predicted octanol–water partition coefficient (Wildman–Crippen LogP) is 5.66. The number of carbonyl (C=O) groups excluding carboxylic acids is 1. The van der Waals surface area contributed by atoms with Crippen molar-refractivity contribution < 1.29 is 19.4 Å². The number of benzene rings is 2. The highest BCUT2D eigenvalue weighted by Crippen LogP contribution is 2.44. The minimum absolute atomic E-state index is 0.0754.